The van der Waals surface area contributed by atoms with E-state index >= 15 is 0 Å². The Morgan fingerprint density at radius 3 is 2.34 bits per heavy atom. The molecule has 0 aliphatic carbocycles. The van der Waals surface area contributed by atoms with E-state index in [1.54, 1.807) is 24.3 Å². The van der Waals surface area contributed by atoms with Crippen molar-refractivity contribution in [2.75, 3.05) is 32.6 Å². The summed E-state index contributed by atoms with van der Waals surface area (Å²) >= 11 is 0. The summed E-state index contributed by atoms with van der Waals surface area (Å²) in [5.41, 5.74) is 0.245. The molecule has 1 atom stereocenters. The van der Waals surface area contributed by atoms with E-state index in [0.717, 1.165) is 19.3 Å². The largest absolute Gasteiger partial charge is 0.493 e. The Bertz CT molecular complexity index is 1030. The lowest BCUT2D eigenvalue weighted by molar-refractivity contribution is -0.125. The van der Waals surface area contributed by atoms with E-state index in [4.69, 9.17) is 14.2 Å². The number of nitrogens with one attached hydrogen (secondary N) is 1. The van der Waals surface area contributed by atoms with Crippen molar-refractivity contribution in [1.82, 2.24) is 4.31 Å². The van der Waals surface area contributed by atoms with Crippen molar-refractivity contribution >= 4 is 21.6 Å². The molecule has 1 unspecified atom stereocenters. The molecule has 9 heteroatoms. The molecule has 0 radical (unpaired) electrons. The molecule has 1 aliphatic rings. The van der Waals surface area contributed by atoms with E-state index in [9.17, 15) is 13.2 Å². The number of ether oxygens (including phenoxy) is 3. The molecule has 1 amide bonds. The molecular weight excluding hydrogens is 432 g/mol. The van der Waals surface area contributed by atoms with Crippen LogP contribution in [0.1, 0.15) is 32.6 Å². The van der Waals surface area contributed by atoms with Crippen molar-refractivity contribution in [3.05, 3.63) is 42.5 Å². The molecule has 1 heterocycles. The van der Waals surface area contributed by atoms with Crippen LogP contribution in [0.5, 0.6) is 17.2 Å². The second kappa shape index (κ2) is 10.8. The van der Waals surface area contributed by atoms with Crippen molar-refractivity contribution in [2.24, 2.45) is 0 Å². The smallest absolute Gasteiger partial charge is 0.253 e. The first kappa shape index (κ1) is 24.0. The fraction of sp³-hybridized carbons (Fsp3) is 0.435. The number of amides is 1. The van der Waals surface area contributed by atoms with Gasteiger partial charge in [-0.1, -0.05) is 25.5 Å². The van der Waals surface area contributed by atoms with Crippen LogP contribution in [0.15, 0.2) is 47.4 Å². The molecule has 174 valence electrons. The third-order valence-corrected chi connectivity index (χ3v) is 7.29. The van der Waals surface area contributed by atoms with Crippen molar-refractivity contribution in [1.29, 1.82) is 0 Å². The van der Waals surface area contributed by atoms with Crippen molar-refractivity contribution < 1.29 is 27.4 Å². The zero-order valence-corrected chi connectivity index (χ0v) is 19.5. The maximum atomic E-state index is 13.2. The summed E-state index contributed by atoms with van der Waals surface area (Å²) in [5.74, 6) is 0.868. The lowest BCUT2D eigenvalue weighted by Gasteiger charge is -2.26. The van der Waals surface area contributed by atoms with Gasteiger partial charge in [0, 0.05) is 20.2 Å². The predicted molar refractivity (Wildman–Crippen MR) is 122 cm³/mol. The van der Waals surface area contributed by atoms with E-state index in [1.807, 2.05) is 13.0 Å². The van der Waals surface area contributed by atoms with Gasteiger partial charge in [-0.15, -0.1) is 0 Å². The number of rotatable bonds is 9. The Balaban J connectivity index is 1.99. The highest BCUT2D eigenvalue weighted by Gasteiger charge is 2.27. The predicted octanol–water partition coefficient (Wildman–Crippen LogP) is 4.03. The van der Waals surface area contributed by atoms with Gasteiger partial charge >= 0.3 is 0 Å². The Kier molecular flexibility index (Phi) is 8.11. The lowest BCUT2D eigenvalue weighted by atomic mass is 10.2. The van der Waals surface area contributed by atoms with E-state index in [0.29, 0.717) is 36.8 Å². The average molecular weight is 463 g/mol. The summed E-state index contributed by atoms with van der Waals surface area (Å²) in [4.78, 5) is 12.8. The fourth-order valence-electron chi connectivity index (χ4n) is 3.60. The number of benzene rings is 2. The fourth-order valence-corrected chi connectivity index (χ4v) is 5.15. The van der Waals surface area contributed by atoms with Gasteiger partial charge in [0.2, 0.25) is 10.0 Å². The van der Waals surface area contributed by atoms with Gasteiger partial charge in [0.1, 0.15) is 6.10 Å². The van der Waals surface area contributed by atoms with E-state index < -0.39 is 16.1 Å². The van der Waals surface area contributed by atoms with Crippen LogP contribution in [0, 0.1) is 0 Å². The third kappa shape index (κ3) is 5.40. The molecule has 0 bridgehead atoms. The molecule has 1 N–H and O–H groups in total. The van der Waals surface area contributed by atoms with Gasteiger partial charge in [0.25, 0.3) is 5.91 Å². The highest BCUT2D eigenvalue weighted by molar-refractivity contribution is 7.89. The van der Waals surface area contributed by atoms with E-state index in [2.05, 4.69) is 5.32 Å². The van der Waals surface area contributed by atoms with Crippen LogP contribution in [0.3, 0.4) is 0 Å². The summed E-state index contributed by atoms with van der Waals surface area (Å²) in [7, 11) is -0.697. The number of hydrogen-bond donors (Lipinski definition) is 1. The number of sulfonamides is 1. The molecule has 0 aromatic heterocycles. The van der Waals surface area contributed by atoms with Crippen LogP contribution in [-0.2, 0) is 19.6 Å². The minimum atomic E-state index is -3.68. The van der Waals surface area contributed by atoms with Gasteiger partial charge in [-0.3, -0.25) is 4.79 Å². The Hall–Kier alpha value is -2.62. The number of anilines is 1. The number of carbonyl (C=O) groups is 1. The molecule has 8 nitrogen and oxygen atoms in total. The molecule has 0 spiro atoms. The number of methoxy groups -OCH3 is 2. The van der Waals surface area contributed by atoms with E-state index in [1.165, 1.54) is 30.7 Å². The molecule has 1 aliphatic heterocycles. The van der Waals surface area contributed by atoms with Crippen LogP contribution in [0.25, 0.3) is 0 Å². The molecule has 1 fully saturated rings. The molecule has 1 saturated heterocycles. The summed E-state index contributed by atoms with van der Waals surface area (Å²) in [6.45, 7) is 2.81. The SMILES string of the molecule is CCC(OC)C(=O)Nc1cc(S(=O)(=O)N2CCCCC2)ccc1Oc1ccccc1OC. The first-order chi connectivity index (χ1) is 15.4. The Morgan fingerprint density at radius 2 is 1.72 bits per heavy atom. The van der Waals surface area contributed by atoms with Gasteiger partial charge in [0.15, 0.2) is 17.2 Å². The minimum absolute atomic E-state index is 0.104. The lowest BCUT2D eigenvalue weighted by Crippen LogP contribution is -2.35. The van der Waals surface area contributed by atoms with Gasteiger partial charge in [-0.25, -0.2) is 8.42 Å². The van der Waals surface area contributed by atoms with Crippen LogP contribution in [-0.4, -0.2) is 52.0 Å². The zero-order chi connectivity index (χ0) is 23.1. The number of hydrogen-bond acceptors (Lipinski definition) is 6. The topological polar surface area (TPSA) is 94.2 Å². The average Bonchev–Trinajstić information content (AvgIpc) is 2.81. The molecule has 3 rings (SSSR count). The zero-order valence-electron chi connectivity index (χ0n) is 18.7. The quantitative estimate of drug-likeness (QED) is 0.605. The van der Waals surface area contributed by atoms with Crippen molar-refractivity contribution in [2.45, 2.75) is 43.6 Å². The second-order valence-corrected chi connectivity index (χ2v) is 9.44. The van der Waals surface area contributed by atoms with Crippen molar-refractivity contribution in [3.8, 4) is 17.2 Å². The number of carbonyl (C=O) groups excluding carboxylic acids is 1. The monoisotopic (exact) mass is 462 g/mol. The maximum absolute atomic E-state index is 13.2. The minimum Gasteiger partial charge on any atom is -0.493 e. The molecule has 0 saturated carbocycles. The number of para-hydroxylation sites is 2. The Labute approximate surface area is 189 Å². The van der Waals surface area contributed by atoms with Crippen LogP contribution >= 0.6 is 0 Å². The maximum Gasteiger partial charge on any atom is 0.253 e. The second-order valence-electron chi connectivity index (χ2n) is 7.50. The molecule has 2 aromatic rings. The number of nitrogens with zero attached hydrogens (tertiary/aromatic N) is 1. The van der Waals surface area contributed by atoms with Crippen molar-refractivity contribution in [3.63, 3.8) is 0 Å². The summed E-state index contributed by atoms with van der Waals surface area (Å²) in [6, 6.07) is 11.6. The van der Waals surface area contributed by atoms with Gasteiger partial charge in [0.05, 0.1) is 17.7 Å². The number of piperidine rings is 1. The summed E-state index contributed by atoms with van der Waals surface area (Å²) in [6.07, 6.45) is 2.50. The highest BCUT2D eigenvalue weighted by Crippen LogP contribution is 2.37. The standard InChI is InChI=1S/C23H30N2O6S/c1-4-19(29-2)23(26)24-18-16-17(32(27,28)25-14-8-5-9-15-25)12-13-20(18)31-22-11-7-6-10-21(22)30-3/h6-7,10-13,16,19H,4-5,8-9,14-15H2,1-3H3,(H,24,26). The first-order valence-electron chi connectivity index (χ1n) is 10.7. The van der Waals surface area contributed by atoms with E-state index in [-0.39, 0.29) is 16.5 Å². The van der Waals surface area contributed by atoms with Crippen LogP contribution < -0.4 is 14.8 Å². The molecule has 32 heavy (non-hydrogen) atoms. The molecule has 2 aromatic carbocycles. The summed E-state index contributed by atoms with van der Waals surface area (Å²) < 4.78 is 44.4. The summed E-state index contributed by atoms with van der Waals surface area (Å²) in [5, 5.41) is 2.77. The van der Waals surface area contributed by atoms with Gasteiger partial charge < -0.3 is 19.5 Å². The van der Waals surface area contributed by atoms with Crippen LogP contribution in [0.4, 0.5) is 5.69 Å². The highest BCUT2D eigenvalue weighted by atomic mass is 32.2. The normalized spacial score (nSPS) is 15.7. The third-order valence-electron chi connectivity index (χ3n) is 5.40. The van der Waals surface area contributed by atoms with Crippen LogP contribution in [0.2, 0.25) is 0 Å². The Morgan fingerprint density at radius 1 is 1.03 bits per heavy atom. The van der Waals surface area contributed by atoms with Gasteiger partial charge in [-0.05, 0) is 49.6 Å². The first-order valence-corrected chi connectivity index (χ1v) is 12.1. The molecular formula is C23H30N2O6S. The van der Waals surface area contributed by atoms with Gasteiger partial charge in [-0.2, -0.15) is 4.31 Å².